The molecule has 0 heterocycles. The number of aliphatic hydroxyl groups excluding tert-OH is 1. The van der Waals surface area contributed by atoms with Crippen LogP contribution >= 0.6 is 15.9 Å². The topological polar surface area (TPSA) is 46.5 Å². The van der Waals surface area contributed by atoms with Gasteiger partial charge in [0, 0.05) is 5.92 Å². The standard InChI is InChI=1S/C30H43BrO3/c1-20(24-14-15-25-23(18-31)13-10-16-30(24,25)6)17-26(32)27(22-11-8-7-9-12-22)21(2)19-34-28(33)29(3,4)5/h7-9,11-12,18,20,24-27,32H,2,10,13-17,19H2,1,3-6H3/b23-18+/t20-,24-,25+,26-,27+,30-/m1/s1. The molecular weight excluding hydrogens is 488 g/mol. The minimum absolute atomic E-state index is 0.129. The zero-order chi connectivity index (χ0) is 25.1. The van der Waals surface area contributed by atoms with E-state index >= 15 is 0 Å². The fraction of sp³-hybridized carbons (Fsp3) is 0.633. The van der Waals surface area contributed by atoms with Gasteiger partial charge in [-0.3, -0.25) is 4.79 Å². The highest BCUT2D eigenvalue weighted by atomic mass is 79.9. The number of carbonyl (C=O) groups is 1. The van der Waals surface area contributed by atoms with Crippen LogP contribution in [0.5, 0.6) is 0 Å². The predicted octanol–water partition coefficient (Wildman–Crippen LogP) is 7.80. The van der Waals surface area contributed by atoms with Crippen LogP contribution in [-0.4, -0.2) is 23.8 Å². The quantitative estimate of drug-likeness (QED) is 0.275. The van der Waals surface area contributed by atoms with E-state index in [-0.39, 0.29) is 18.5 Å². The molecule has 0 radical (unpaired) electrons. The van der Waals surface area contributed by atoms with Crippen molar-refractivity contribution in [1.82, 2.24) is 0 Å². The summed E-state index contributed by atoms with van der Waals surface area (Å²) in [5.74, 6) is 1.14. The van der Waals surface area contributed by atoms with Gasteiger partial charge in [0.15, 0.2) is 0 Å². The van der Waals surface area contributed by atoms with Crippen molar-refractivity contribution < 1.29 is 14.6 Å². The molecule has 1 aromatic carbocycles. The normalized spacial score (nSPS) is 28.7. The Kier molecular flexibility index (Phi) is 8.90. The molecule has 6 atom stereocenters. The van der Waals surface area contributed by atoms with Crippen molar-refractivity contribution in [2.45, 2.75) is 85.2 Å². The Labute approximate surface area is 215 Å². The van der Waals surface area contributed by atoms with Crippen molar-refractivity contribution in [3.8, 4) is 0 Å². The molecule has 3 nitrogen and oxygen atoms in total. The van der Waals surface area contributed by atoms with Gasteiger partial charge in [-0.05, 0) is 98.6 Å². The smallest absolute Gasteiger partial charge is 0.311 e. The monoisotopic (exact) mass is 530 g/mol. The summed E-state index contributed by atoms with van der Waals surface area (Å²) in [5.41, 5.74) is 3.09. The number of hydrogen-bond acceptors (Lipinski definition) is 3. The van der Waals surface area contributed by atoms with E-state index in [1.807, 2.05) is 51.1 Å². The molecule has 0 amide bonds. The Morgan fingerprint density at radius 1 is 1.29 bits per heavy atom. The molecular formula is C30H43BrO3. The number of aliphatic hydroxyl groups is 1. The van der Waals surface area contributed by atoms with Gasteiger partial charge in [0.2, 0.25) is 0 Å². The first-order valence-corrected chi connectivity index (χ1v) is 13.8. The molecule has 2 aliphatic rings. The molecule has 0 spiro atoms. The number of rotatable bonds is 8. The summed E-state index contributed by atoms with van der Waals surface area (Å²) in [6.45, 7) is 14.7. The summed E-state index contributed by atoms with van der Waals surface area (Å²) < 4.78 is 5.58. The molecule has 34 heavy (non-hydrogen) atoms. The Balaban J connectivity index is 1.75. The highest BCUT2D eigenvalue weighted by molar-refractivity contribution is 9.11. The molecule has 2 saturated carbocycles. The molecule has 0 aromatic heterocycles. The average Bonchev–Trinajstić information content (AvgIpc) is 3.14. The van der Waals surface area contributed by atoms with E-state index in [2.05, 4.69) is 41.3 Å². The number of fused-ring (bicyclic) bond motifs is 1. The summed E-state index contributed by atoms with van der Waals surface area (Å²) in [6, 6.07) is 10.0. The number of hydrogen-bond donors (Lipinski definition) is 1. The van der Waals surface area contributed by atoms with E-state index in [1.165, 1.54) is 32.1 Å². The average molecular weight is 532 g/mol. The lowest BCUT2D eigenvalue weighted by Crippen LogP contribution is -2.37. The third-order valence-corrected chi connectivity index (χ3v) is 9.05. The second-order valence-electron chi connectivity index (χ2n) is 11.9. The zero-order valence-electron chi connectivity index (χ0n) is 21.6. The minimum atomic E-state index is -0.573. The third-order valence-electron chi connectivity index (χ3n) is 8.46. The van der Waals surface area contributed by atoms with Crippen LogP contribution in [0.4, 0.5) is 0 Å². The number of carbonyl (C=O) groups excluding carboxylic acids is 1. The SMILES string of the molecule is C=C(COC(=O)C(C)(C)C)[C@@H](c1ccccc1)[C@H](O)C[C@@H](C)[C@H]1CC[C@H]2/C(=C/Br)CCC[C@]12C. The van der Waals surface area contributed by atoms with Crippen LogP contribution in [0.2, 0.25) is 0 Å². The highest BCUT2D eigenvalue weighted by Crippen LogP contribution is 2.60. The maximum absolute atomic E-state index is 12.3. The number of halogens is 1. The summed E-state index contributed by atoms with van der Waals surface area (Å²) in [6.07, 6.45) is 6.33. The van der Waals surface area contributed by atoms with Crippen molar-refractivity contribution in [3.05, 3.63) is 58.6 Å². The molecule has 2 fully saturated rings. The van der Waals surface area contributed by atoms with Crippen molar-refractivity contribution in [3.63, 3.8) is 0 Å². The fourth-order valence-electron chi connectivity index (χ4n) is 6.68. The molecule has 0 unspecified atom stereocenters. The zero-order valence-corrected chi connectivity index (χ0v) is 23.2. The van der Waals surface area contributed by atoms with Crippen molar-refractivity contribution in [2.75, 3.05) is 6.61 Å². The lowest BCUT2D eigenvalue weighted by Gasteiger charge is -2.44. The number of esters is 1. The second-order valence-corrected chi connectivity index (χ2v) is 12.4. The van der Waals surface area contributed by atoms with Crippen LogP contribution in [0, 0.1) is 28.6 Å². The van der Waals surface area contributed by atoms with Gasteiger partial charge in [0.05, 0.1) is 11.5 Å². The molecule has 4 heteroatoms. The second kappa shape index (κ2) is 11.1. The Morgan fingerprint density at radius 3 is 2.59 bits per heavy atom. The molecule has 188 valence electrons. The molecule has 2 aliphatic carbocycles. The van der Waals surface area contributed by atoms with Crippen molar-refractivity contribution >= 4 is 21.9 Å². The highest BCUT2D eigenvalue weighted by Gasteiger charge is 2.51. The third kappa shape index (κ3) is 5.87. The van der Waals surface area contributed by atoms with Crippen LogP contribution in [0.1, 0.15) is 84.6 Å². The van der Waals surface area contributed by atoms with Gasteiger partial charge in [0.25, 0.3) is 0 Å². The van der Waals surface area contributed by atoms with E-state index in [0.717, 1.165) is 11.1 Å². The first-order valence-electron chi connectivity index (χ1n) is 12.9. The fourth-order valence-corrected chi connectivity index (χ4v) is 7.23. The first-order chi connectivity index (χ1) is 16.0. The van der Waals surface area contributed by atoms with Crippen LogP contribution in [0.15, 0.2) is 53.0 Å². The van der Waals surface area contributed by atoms with Crippen LogP contribution in [-0.2, 0) is 9.53 Å². The van der Waals surface area contributed by atoms with Gasteiger partial charge < -0.3 is 9.84 Å². The molecule has 0 aliphatic heterocycles. The van der Waals surface area contributed by atoms with Crippen LogP contribution in [0.25, 0.3) is 0 Å². The number of ether oxygens (including phenoxy) is 1. The van der Waals surface area contributed by atoms with Gasteiger partial charge in [-0.2, -0.15) is 0 Å². The largest absolute Gasteiger partial charge is 0.461 e. The van der Waals surface area contributed by atoms with E-state index in [4.69, 9.17) is 4.74 Å². The summed E-state index contributed by atoms with van der Waals surface area (Å²) in [4.78, 5) is 14.5. The number of benzene rings is 1. The van der Waals surface area contributed by atoms with E-state index in [9.17, 15) is 9.90 Å². The maximum atomic E-state index is 12.3. The van der Waals surface area contributed by atoms with Crippen molar-refractivity contribution in [1.29, 1.82) is 0 Å². The van der Waals surface area contributed by atoms with Gasteiger partial charge in [0.1, 0.15) is 6.61 Å². The van der Waals surface area contributed by atoms with Crippen LogP contribution in [0.3, 0.4) is 0 Å². The summed E-state index contributed by atoms with van der Waals surface area (Å²) in [5, 5.41) is 11.5. The van der Waals surface area contributed by atoms with E-state index in [1.54, 1.807) is 5.57 Å². The van der Waals surface area contributed by atoms with Gasteiger partial charge in [-0.25, -0.2) is 0 Å². The minimum Gasteiger partial charge on any atom is -0.461 e. The first kappa shape index (κ1) is 27.2. The number of allylic oxidation sites excluding steroid dienone is 1. The Hall–Kier alpha value is -1.39. The molecule has 3 rings (SSSR count). The van der Waals surface area contributed by atoms with Gasteiger partial charge in [-0.15, -0.1) is 0 Å². The van der Waals surface area contributed by atoms with Crippen molar-refractivity contribution in [2.24, 2.45) is 28.6 Å². The molecule has 1 aromatic rings. The van der Waals surface area contributed by atoms with Gasteiger partial charge in [-0.1, -0.05) is 72.3 Å². The van der Waals surface area contributed by atoms with Crippen LogP contribution < -0.4 is 0 Å². The Morgan fingerprint density at radius 2 is 1.97 bits per heavy atom. The Bertz CT molecular complexity index is 884. The van der Waals surface area contributed by atoms with Gasteiger partial charge >= 0.3 is 5.97 Å². The van der Waals surface area contributed by atoms with E-state index in [0.29, 0.717) is 29.6 Å². The molecule has 0 saturated heterocycles. The summed E-state index contributed by atoms with van der Waals surface area (Å²) in [7, 11) is 0. The lowest BCUT2D eigenvalue weighted by molar-refractivity contribution is -0.152. The maximum Gasteiger partial charge on any atom is 0.311 e. The predicted molar refractivity (Wildman–Crippen MR) is 144 cm³/mol. The molecule has 1 N–H and O–H groups in total. The van der Waals surface area contributed by atoms with E-state index < -0.39 is 11.5 Å². The molecule has 0 bridgehead atoms. The summed E-state index contributed by atoms with van der Waals surface area (Å²) >= 11 is 3.62. The lowest BCUT2D eigenvalue weighted by atomic mass is 9.61.